The SMILES string of the molecule is [Cl-].[Cl-].[Hf+2][C]1=CC(c2ccccc2)=CC1. The molecule has 0 fully saturated rings. The Morgan fingerprint density at radius 3 is 2.14 bits per heavy atom. The van der Waals surface area contributed by atoms with Gasteiger partial charge in [-0.05, 0) is 0 Å². The topological polar surface area (TPSA) is 0 Å². The van der Waals surface area contributed by atoms with Gasteiger partial charge in [-0.15, -0.1) is 0 Å². The van der Waals surface area contributed by atoms with Crippen molar-refractivity contribution in [3.05, 3.63) is 51.4 Å². The minimum atomic E-state index is 0. The Morgan fingerprint density at radius 1 is 1.00 bits per heavy atom. The van der Waals surface area contributed by atoms with Crippen molar-refractivity contribution in [2.45, 2.75) is 6.42 Å². The van der Waals surface area contributed by atoms with E-state index in [1.807, 2.05) is 0 Å². The Kier molecular flexibility index (Phi) is 6.67. The first-order chi connectivity index (χ1) is 5.86. The Labute approximate surface area is 112 Å². The van der Waals surface area contributed by atoms with E-state index in [9.17, 15) is 0 Å². The molecule has 0 aliphatic heterocycles. The van der Waals surface area contributed by atoms with Crippen molar-refractivity contribution in [1.29, 1.82) is 0 Å². The van der Waals surface area contributed by atoms with Crippen LogP contribution in [0, 0.1) is 0 Å². The predicted octanol–water partition coefficient (Wildman–Crippen LogP) is -3.09. The van der Waals surface area contributed by atoms with E-state index in [0.717, 1.165) is 0 Å². The van der Waals surface area contributed by atoms with Crippen LogP contribution in [0.5, 0.6) is 0 Å². The zero-order valence-corrected chi connectivity index (χ0v) is 12.6. The Bertz CT molecular complexity index is 342. The number of hydrogen-bond acceptors (Lipinski definition) is 0. The summed E-state index contributed by atoms with van der Waals surface area (Å²) in [6, 6.07) is 10.6. The van der Waals surface area contributed by atoms with E-state index in [1.54, 1.807) is 3.33 Å². The molecule has 0 unspecified atom stereocenters. The molecular formula is C11H9Cl2Hf. The summed E-state index contributed by atoms with van der Waals surface area (Å²) in [6.07, 6.45) is 5.82. The average molecular weight is 391 g/mol. The molecule has 0 radical (unpaired) electrons. The van der Waals surface area contributed by atoms with Crippen molar-refractivity contribution in [3.8, 4) is 0 Å². The van der Waals surface area contributed by atoms with Crippen molar-refractivity contribution in [2.24, 2.45) is 0 Å². The number of benzene rings is 1. The van der Waals surface area contributed by atoms with Crippen molar-refractivity contribution in [3.63, 3.8) is 0 Å². The molecule has 0 aromatic heterocycles. The maximum absolute atomic E-state index is 2.32. The summed E-state index contributed by atoms with van der Waals surface area (Å²) in [7, 11) is 0. The van der Waals surface area contributed by atoms with Crippen LogP contribution in [-0.2, 0) is 24.4 Å². The molecule has 0 spiro atoms. The second-order valence-corrected chi connectivity index (χ2v) is 5.21. The molecule has 0 heterocycles. The van der Waals surface area contributed by atoms with Gasteiger partial charge in [0.1, 0.15) is 0 Å². The van der Waals surface area contributed by atoms with Gasteiger partial charge >= 0.3 is 87.7 Å². The summed E-state index contributed by atoms with van der Waals surface area (Å²) in [4.78, 5) is 0. The van der Waals surface area contributed by atoms with Gasteiger partial charge in [-0.3, -0.25) is 0 Å². The summed E-state index contributed by atoms with van der Waals surface area (Å²) in [5, 5.41) is 0. The molecule has 1 aromatic carbocycles. The molecule has 3 heteroatoms. The van der Waals surface area contributed by atoms with Crippen molar-refractivity contribution in [2.75, 3.05) is 0 Å². The molecule has 1 aliphatic carbocycles. The predicted molar refractivity (Wildman–Crippen MR) is 47.1 cm³/mol. The number of halogens is 2. The summed E-state index contributed by atoms with van der Waals surface area (Å²) in [6.45, 7) is 0. The van der Waals surface area contributed by atoms with Gasteiger partial charge in [-0.2, -0.15) is 0 Å². The van der Waals surface area contributed by atoms with Gasteiger partial charge in [-0.1, -0.05) is 0 Å². The molecule has 0 amide bonds. The quantitative estimate of drug-likeness (QED) is 0.446. The van der Waals surface area contributed by atoms with Crippen molar-refractivity contribution < 1.29 is 49.2 Å². The fraction of sp³-hybridized carbons (Fsp3) is 0.0909. The second kappa shape index (κ2) is 6.60. The van der Waals surface area contributed by atoms with Gasteiger partial charge in [0.25, 0.3) is 0 Å². The second-order valence-electron chi connectivity index (χ2n) is 2.90. The standard InChI is InChI=1S/C11H9.2ClH.Hf/c1-2-6-10(7-3-1)11-8-4-5-9-11;;;/h1-3,6-9H,4H2;2*1H;/q;;;+2/p-2. The summed E-state index contributed by atoms with van der Waals surface area (Å²) >= 11 is 1.20. The summed E-state index contributed by atoms with van der Waals surface area (Å²) in [5.41, 5.74) is 2.75. The molecule has 2 rings (SSSR count). The molecule has 0 bridgehead atoms. The van der Waals surface area contributed by atoms with Crippen LogP contribution in [0.2, 0.25) is 0 Å². The third-order valence-corrected chi connectivity index (χ3v) is 3.23. The van der Waals surface area contributed by atoms with Gasteiger partial charge in [0.2, 0.25) is 0 Å². The van der Waals surface area contributed by atoms with Gasteiger partial charge in [0.15, 0.2) is 0 Å². The van der Waals surface area contributed by atoms with E-state index < -0.39 is 0 Å². The van der Waals surface area contributed by atoms with Crippen LogP contribution >= 0.6 is 0 Å². The first-order valence-corrected chi connectivity index (χ1v) is 5.83. The van der Waals surface area contributed by atoms with Gasteiger partial charge in [0.05, 0.1) is 0 Å². The third-order valence-electron chi connectivity index (χ3n) is 1.98. The molecule has 0 nitrogen and oxygen atoms in total. The molecule has 0 saturated heterocycles. The summed E-state index contributed by atoms with van der Waals surface area (Å²) in [5.74, 6) is 0. The van der Waals surface area contributed by atoms with E-state index in [-0.39, 0.29) is 24.8 Å². The van der Waals surface area contributed by atoms with E-state index in [2.05, 4.69) is 42.5 Å². The fourth-order valence-electron chi connectivity index (χ4n) is 1.36. The van der Waals surface area contributed by atoms with E-state index in [4.69, 9.17) is 0 Å². The average Bonchev–Trinajstić information content (AvgIpc) is 2.54. The molecule has 71 valence electrons. The van der Waals surface area contributed by atoms with Crippen LogP contribution in [0.1, 0.15) is 12.0 Å². The first-order valence-electron chi connectivity index (χ1n) is 4.04. The molecule has 1 aromatic rings. The van der Waals surface area contributed by atoms with E-state index >= 15 is 0 Å². The monoisotopic (exact) mass is 391 g/mol. The Hall–Kier alpha value is 0.150. The maximum atomic E-state index is 2.32. The Morgan fingerprint density at radius 2 is 1.64 bits per heavy atom. The fourth-order valence-corrected chi connectivity index (χ4v) is 2.28. The zero-order chi connectivity index (χ0) is 8.39. The van der Waals surface area contributed by atoms with Crippen LogP contribution in [-0.4, -0.2) is 0 Å². The van der Waals surface area contributed by atoms with Crippen molar-refractivity contribution in [1.82, 2.24) is 0 Å². The minimum absolute atomic E-state index is 0. The molecule has 14 heavy (non-hydrogen) atoms. The van der Waals surface area contributed by atoms with Gasteiger partial charge < -0.3 is 24.8 Å². The van der Waals surface area contributed by atoms with Gasteiger partial charge in [0, 0.05) is 0 Å². The number of rotatable bonds is 1. The van der Waals surface area contributed by atoms with Crippen LogP contribution in [0.4, 0.5) is 0 Å². The van der Waals surface area contributed by atoms with Crippen LogP contribution in [0.15, 0.2) is 45.8 Å². The molecular weight excluding hydrogens is 382 g/mol. The molecule has 0 atom stereocenters. The number of hydrogen-bond donors (Lipinski definition) is 0. The molecule has 1 aliphatic rings. The summed E-state index contributed by atoms with van der Waals surface area (Å²) < 4.78 is 1.59. The normalized spacial score (nSPS) is 13.6. The van der Waals surface area contributed by atoms with Crippen LogP contribution in [0.25, 0.3) is 5.57 Å². The van der Waals surface area contributed by atoms with E-state index in [1.165, 1.54) is 41.9 Å². The Balaban J connectivity index is 0.000000845. The first kappa shape index (κ1) is 14.2. The number of allylic oxidation sites excluding steroid dienone is 4. The van der Waals surface area contributed by atoms with Gasteiger partial charge in [-0.25, -0.2) is 0 Å². The van der Waals surface area contributed by atoms with Crippen molar-refractivity contribution >= 4 is 5.57 Å². The zero-order valence-electron chi connectivity index (χ0n) is 7.50. The van der Waals surface area contributed by atoms with Crippen LogP contribution in [0.3, 0.4) is 0 Å². The molecule has 0 N–H and O–H groups in total. The van der Waals surface area contributed by atoms with E-state index in [0.29, 0.717) is 0 Å². The molecule has 0 saturated carbocycles. The third kappa shape index (κ3) is 3.38. The van der Waals surface area contributed by atoms with Crippen LogP contribution < -0.4 is 24.8 Å².